The van der Waals surface area contributed by atoms with Gasteiger partial charge >= 0.3 is 0 Å². The zero-order valence-electron chi connectivity index (χ0n) is 10.7. The topological polar surface area (TPSA) is 38.7 Å². The van der Waals surface area contributed by atoms with Gasteiger partial charge in [-0.25, -0.2) is 0 Å². The molecule has 0 fully saturated rings. The predicted octanol–water partition coefficient (Wildman–Crippen LogP) is 3.32. The smallest absolute Gasteiger partial charge is 0.270 e. The number of aliphatic imine (C=N–C) groups is 1. The maximum Gasteiger partial charge on any atom is 0.270 e. The first kappa shape index (κ1) is 14.5. The third-order valence-electron chi connectivity index (χ3n) is 2.45. The molecule has 0 spiro atoms. The summed E-state index contributed by atoms with van der Waals surface area (Å²) in [5.41, 5.74) is 1.87. The van der Waals surface area contributed by atoms with Crippen molar-refractivity contribution in [2.45, 2.75) is 13.3 Å². The van der Waals surface area contributed by atoms with Gasteiger partial charge in [-0.3, -0.25) is 9.79 Å². The van der Waals surface area contributed by atoms with Crippen LogP contribution in [0.15, 0.2) is 35.3 Å². The van der Waals surface area contributed by atoms with Crippen molar-refractivity contribution in [3.05, 3.63) is 35.9 Å². The van der Waals surface area contributed by atoms with Gasteiger partial charge in [0, 0.05) is 12.6 Å². The fraction of sp³-hybridized carbons (Fsp3) is 0.286. The lowest BCUT2D eigenvalue weighted by molar-refractivity contribution is -0.106. The number of allylic oxidation sites excluding steroid dienone is 2. The van der Waals surface area contributed by atoms with Crippen molar-refractivity contribution in [3.8, 4) is 5.75 Å². The maximum atomic E-state index is 11.4. The molecule has 0 aliphatic rings. The van der Waals surface area contributed by atoms with E-state index in [2.05, 4.69) is 4.99 Å². The van der Waals surface area contributed by atoms with Crippen molar-refractivity contribution in [1.82, 2.24) is 0 Å². The number of methoxy groups -OCH3 is 1. The summed E-state index contributed by atoms with van der Waals surface area (Å²) >= 11 is 5.56. The minimum absolute atomic E-state index is 0.270. The van der Waals surface area contributed by atoms with E-state index in [9.17, 15) is 4.79 Å². The molecule has 0 saturated carbocycles. The van der Waals surface area contributed by atoms with Crippen LogP contribution >= 0.6 is 11.6 Å². The molecular weight excluding hydrogens is 250 g/mol. The molecule has 0 unspecified atom stereocenters. The molecule has 1 aromatic carbocycles. The highest BCUT2D eigenvalue weighted by molar-refractivity contribution is 6.87. The van der Waals surface area contributed by atoms with E-state index in [1.165, 1.54) is 0 Å². The van der Waals surface area contributed by atoms with Gasteiger partial charge in [-0.2, -0.15) is 0 Å². The Kier molecular flexibility index (Phi) is 5.59. The fourth-order valence-electron chi connectivity index (χ4n) is 1.66. The van der Waals surface area contributed by atoms with Crippen LogP contribution in [0.2, 0.25) is 0 Å². The van der Waals surface area contributed by atoms with Crippen LogP contribution in [-0.4, -0.2) is 25.1 Å². The number of hydrogen-bond acceptors (Lipinski definition) is 3. The van der Waals surface area contributed by atoms with Crippen LogP contribution in [0.5, 0.6) is 5.75 Å². The third-order valence-corrected chi connectivity index (χ3v) is 2.63. The summed E-state index contributed by atoms with van der Waals surface area (Å²) in [6.07, 6.45) is 2.72. The van der Waals surface area contributed by atoms with Crippen molar-refractivity contribution in [1.29, 1.82) is 0 Å². The Morgan fingerprint density at radius 1 is 1.50 bits per heavy atom. The molecule has 1 rings (SSSR count). The second-order valence-corrected chi connectivity index (χ2v) is 3.95. The number of halogens is 1. The average molecular weight is 266 g/mol. The molecule has 1 aromatic rings. The summed E-state index contributed by atoms with van der Waals surface area (Å²) in [5.74, 6) is 0.729. The maximum absolute atomic E-state index is 11.4. The van der Waals surface area contributed by atoms with Gasteiger partial charge in [0.2, 0.25) is 0 Å². The van der Waals surface area contributed by atoms with Gasteiger partial charge in [-0.15, -0.1) is 0 Å². The summed E-state index contributed by atoms with van der Waals surface area (Å²) < 4.78 is 5.17. The summed E-state index contributed by atoms with van der Waals surface area (Å²) in [6, 6.07) is 7.46. The zero-order chi connectivity index (χ0) is 13.5. The molecule has 0 radical (unpaired) electrons. The van der Waals surface area contributed by atoms with Crippen molar-refractivity contribution in [2.24, 2.45) is 4.99 Å². The monoisotopic (exact) mass is 265 g/mol. The second kappa shape index (κ2) is 6.97. The minimum Gasteiger partial charge on any atom is -0.497 e. The lowest BCUT2D eigenvalue weighted by Gasteiger charge is -2.09. The van der Waals surface area contributed by atoms with E-state index in [0.29, 0.717) is 0 Å². The Morgan fingerprint density at radius 3 is 2.72 bits per heavy atom. The van der Waals surface area contributed by atoms with Crippen molar-refractivity contribution in [3.63, 3.8) is 0 Å². The molecule has 96 valence electrons. The first-order valence-corrected chi connectivity index (χ1v) is 6.03. The zero-order valence-corrected chi connectivity index (χ0v) is 11.5. The number of carbonyl (C=O) groups is 1. The summed E-state index contributed by atoms with van der Waals surface area (Å²) in [4.78, 5) is 15.3. The quantitative estimate of drug-likeness (QED) is 0.605. The van der Waals surface area contributed by atoms with E-state index in [0.717, 1.165) is 23.3 Å². The van der Waals surface area contributed by atoms with Crippen LogP contribution in [0, 0.1) is 0 Å². The van der Waals surface area contributed by atoms with E-state index in [4.69, 9.17) is 16.3 Å². The number of nitrogens with zero attached hydrogens (tertiary/aromatic N) is 1. The van der Waals surface area contributed by atoms with Gasteiger partial charge in [-0.05, 0) is 35.7 Å². The summed E-state index contributed by atoms with van der Waals surface area (Å²) in [6.45, 7) is 1.99. The fourth-order valence-corrected chi connectivity index (χ4v) is 1.85. The molecule has 4 heteroatoms. The Balaban J connectivity index is 3.28. The average Bonchev–Trinajstić information content (AvgIpc) is 2.38. The number of ether oxygens (including phenoxy) is 1. The lowest BCUT2D eigenvalue weighted by Crippen LogP contribution is -2.10. The van der Waals surface area contributed by atoms with E-state index >= 15 is 0 Å². The first-order valence-electron chi connectivity index (χ1n) is 5.65. The van der Waals surface area contributed by atoms with E-state index in [-0.39, 0.29) is 5.71 Å². The molecule has 0 heterocycles. The molecule has 0 amide bonds. The van der Waals surface area contributed by atoms with Gasteiger partial charge in [0.1, 0.15) is 11.5 Å². The van der Waals surface area contributed by atoms with Crippen molar-refractivity contribution in [2.75, 3.05) is 14.2 Å². The van der Waals surface area contributed by atoms with Gasteiger partial charge < -0.3 is 4.74 Å². The van der Waals surface area contributed by atoms with Crippen LogP contribution in [0.1, 0.15) is 18.9 Å². The molecule has 0 saturated heterocycles. The van der Waals surface area contributed by atoms with Crippen molar-refractivity contribution >= 4 is 28.1 Å². The number of carbonyl (C=O) groups excluding carboxylic acids is 1. The molecule has 0 aliphatic heterocycles. The van der Waals surface area contributed by atoms with Gasteiger partial charge in [-0.1, -0.05) is 25.1 Å². The molecule has 0 aliphatic carbocycles. The molecule has 0 aromatic heterocycles. The van der Waals surface area contributed by atoms with Gasteiger partial charge in [0.15, 0.2) is 0 Å². The summed E-state index contributed by atoms with van der Waals surface area (Å²) in [5, 5.41) is -0.556. The SMILES string of the molecule is CC/C=C(\C(=NC)C(=O)Cl)c1cccc(OC)c1. The van der Waals surface area contributed by atoms with Crippen LogP contribution < -0.4 is 4.74 Å². The largest absolute Gasteiger partial charge is 0.497 e. The lowest BCUT2D eigenvalue weighted by atomic mass is 10.00. The van der Waals surface area contributed by atoms with Gasteiger partial charge in [0.25, 0.3) is 5.24 Å². The Labute approximate surface area is 112 Å². The molecule has 18 heavy (non-hydrogen) atoms. The molecule has 0 bridgehead atoms. The Hall–Kier alpha value is -1.61. The molecule has 3 nitrogen and oxygen atoms in total. The van der Waals surface area contributed by atoms with Crippen LogP contribution in [0.25, 0.3) is 5.57 Å². The highest BCUT2D eigenvalue weighted by Crippen LogP contribution is 2.23. The van der Waals surface area contributed by atoms with Crippen LogP contribution in [0.4, 0.5) is 0 Å². The molecular formula is C14H16ClNO2. The van der Waals surface area contributed by atoms with Crippen molar-refractivity contribution < 1.29 is 9.53 Å². The standard InChI is InChI=1S/C14H16ClNO2/c1-4-6-12(13(16-2)14(15)17)10-7-5-8-11(9-10)18-3/h5-9H,4H2,1-3H3/b12-6-,16-13?. The van der Waals surface area contributed by atoms with E-state index < -0.39 is 5.24 Å². The van der Waals surface area contributed by atoms with Crippen LogP contribution in [0.3, 0.4) is 0 Å². The highest BCUT2D eigenvalue weighted by atomic mass is 35.5. The van der Waals surface area contributed by atoms with Crippen LogP contribution in [-0.2, 0) is 4.79 Å². The number of rotatable bonds is 5. The first-order chi connectivity index (χ1) is 8.63. The second-order valence-electron chi connectivity index (χ2n) is 3.60. The minimum atomic E-state index is -0.556. The number of benzene rings is 1. The predicted molar refractivity (Wildman–Crippen MR) is 75.5 cm³/mol. The normalized spacial score (nSPS) is 12.4. The van der Waals surface area contributed by atoms with Gasteiger partial charge in [0.05, 0.1) is 7.11 Å². The Bertz CT molecular complexity index is 492. The summed E-state index contributed by atoms with van der Waals surface area (Å²) in [7, 11) is 3.16. The van der Waals surface area contributed by atoms with E-state index in [1.807, 2.05) is 37.3 Å². The van der Waals surface area contributed by atoms with E-state index in [1.54, 1.807) is 14.2 Å². The highest BCUT2D eigenvalue weighted by Gasteiger charge is 2.15. The Morgan fingerprint density at radius 2 is 2.22 bits per heavy atom. The number of hydrogen-bond donors (Lipinski definition) is 0. The third kappa shape index (κ3) is 3.44. The molecule has 0 N–H and O–H groups in total. The molecule has 0 atom stereocenters.